The highest BCUT2D eigenvalue weighted by molar-refractivity contribution is 7.07. The van der Waals surface area contributed by atoms with Crippen LogP contribution in [0.1, 0.15) is 51.5 Å². The van der Waals surface area contributed by atoms with Gasteiger partial charge >= 0.3 is 5.97 Å². The van der Waals surface area contributed by atoms with E-state index in [2.05, 4.69) is 6.92 Å². The number of benzene rings is 1. The number of likely N-dealkylation sites (tertiary alicyclic amines) is 1. The zero-order chi connectivity index (χ0) is 27.2. The van der Waals surface area contributed by atoms with Gasteiger partial charge in [-0.15, -0.1) is 11.3 Å². The lowest BCUT2D eigenvalue weighted by molar-refractivity contribution is -0.384. The monoisotopic (exact) mass is 542 g/mol. The van der Waals surface area contributed by atoms with Crippen LogP contribution in [0.3, 0.4) is 0 Å². The van der Waals surface area contributed by atoms with Crippen molar-refractivity contribution < 1.29 is 19.2 Å². The molecule has 2 fully saturated rings. The van der Waals surface area contributed by atoms with Gasteiger partial charge in [0.1, 0.15) is 16.9 Å². The fraction of sp³-hybridized carbons (Fsp3) is 0.519. The summed E-state index contributed by atoms with van der Waals surface area (Å²) in [4.78, 5) is 53.9. The van der Waals surface area contributed by atoms with E-state index in [-0.39, 0.29) is 29.3 Å². The molecule has 0 N–H and O–H groups in total. The van der Waals surface area contributed by atoms with Crippen LogP contribution in [0.4, 0.5) is 11.4 Å². The number of carbonyl (C=O) groups is 2. The van der Waals surface area contributed by atoms with Gasteiger partial charge in [0, 0.05) is 32.2 Å². The zero-order valence-corrected chi connectivity index (χ0v) is 22.7. The normalized spacial score (nSPS) is 17.6. The predicted molar refractivity (Wildman–Crippen MR) is 147 cm³/mol. The third-order valence-corrected chi connectivity index (χ3v) is 8.14. The topological polar surface area (TPSA) is 115 Å². The van der Waals surface area contributed by atoms with E-state index in [9.17, 15) is 24.5 Å². The van der Waals surface area contributed by atoms with Gasteiger partial charge in [-0.25, -0.2) is 4.79 Å². The predicted octanol–water partition coefficient (Wildman–Crippen LogP) is 2.24. The average molecular weight is 543 g/mol. The third kappa shape index (κ3) is 6.50. The van der Waals surface area contributed by atoms with Gasteiger partial charge in [0.15, 0.2) is 0 Å². The van der Waals surface area contributed by atoms with Gasteiger partial charge in [-0.2, -0.15) is 0 Å². The number of nitro benzene ring substituents is 1. The lowest BCUT2D eigenvalue weighted by Crippen LogP contribution is -2.43. The van der Waals surface area contributed by atoms with E-state index >= 15 is 0 Å². The maximum absolute atomic E-state index is 13.4. The quantitative estimate of drug-likeness (QED) is 0.299. The molecule has 0 spiro atoms. The summed E-state index contributed by atoms with van der Waals surface area (Å²) in [5.41, 5.74) is 0.646. The van der Waals surface area contributed by atoms with Gasteiger partial charge in [0.25, 0.3) is 11.2 Å². The Bertz CT molecular complexity index is 1370. The molecule has 0 bridgehead atoms. The van der Waals surface area contributed by atoms with Gasteiger partial charge in [0.2, 0.25) is 5.91 Å². The molecule has 2 aliphatic heterocycles. The third-order valence-electron chi connectivity index (χ3n) is 7.08. The molecule has 0 saturated carbocycles. The number of piperidine rings is 2. The Morgan fingerprint density at radius 1 is 1.16 bits per heavy atom. The molecule has 0 aliphatic carbocycles. The van der Waals surface area contributed by atoms with Crippen LogP contribution in [-0.2, 0) is 20.9 Å². The molecule has 11 heteroatoms. The van der Waals surface area contributed by atoms with E-state index < -0.39 is 16.5 Å². The minimum Gasteiger partial charge on any atom is -0.463 e. The van der Waals surface area contributed by atoms with Crippen molar-refractivity contribution in [2.45, 2.75) is 52.5 Å². The molecule has 1 amide bonds. The van der Waals surface area contributed by atoms with Crippen LogP contribution < -0.4 is 19.7 Å². The molecule has 2 aliphatic rings. The Kier molecular flexibility index (Phi) is 8.98. The standard InChI is InChI=1S/C27H34N4O6S/c1-3-37-26(33)17-25-30(18-24(32)29-13-9-19(2)10-14-29)27(34)23(38-25)16-20-7-8-21(22(15-20)31(35)36)28-11-5-4-6-12-28/h7-8,15-17,19H,3-6,9-14,18H2,1-2H3/b23-16+,25-17-. The Morgan fingerprint density at radius 2 is 1.87 bits per heavy atom. The molecule has 38 heavy (non-hydrogen) atoms. The summed E-state index contributed by atoms with van der Waals surface area (Å²) < 4.78 is 6.90. The lowest BCUT2D eigenvalue weighted by Gasteiger charge is -2.30. The first-order valence-corrected chi connectivity index (χ1v) is 14.0. The number of thiazole rings is 1. The van der Waals surface area contributed by atoms with E-state index in [1.165, 1.54) is 16.7 Å². The molecule has 10 nitrogen and oxygen atoms in total. The van der Waals surface area contributed by atoms with Gasteiger partial charge in [-0.1, -0.05) is 13.0 Å². The molecule has 1 aromatic carbocycles. The van der Waals surface area contributed by atoms with E-state index in [0.717, 1.165) is 56.5 Å². The number of ether oxygens (including phenoxy) is 1. The summed E-state index contributed by atoms with van der Waals surface area (Å²) in [6, 6.07) is 4.96. The van der Waals surface area contributed by atoms with Crippen molar-refractivity contribution in [3.05, 3.63) is 53.4 Å². The number of amides is 1. The van der Waals surface area contributed by atoms with Crippen molar-refractivity contribution in [2.75, 3.05) is 37.7 Å². The molecule has 2 aromatic rings. The molecule has 2 saturated heterocycles. The molecular weight excluding hydrogens is 508 g/mol. The second-order valence-corrected chi connectivity index (χ2v) is 10.9. The summed E-state index contributed by atoms with van der Waals surface area (Å²) in [5.74, 6) is -0.222. The maximum Gasteiger partial charge on any atom is 0.333 e. The number of hydrogen-bond acceptors (Lipinski definition) is 8. The first-order chi connectivity index (χ1) is 18.3. The number of nitrogens with zero attached hydrogens (tertiary/aromatic N) is 4. The van der Waals surface area contributed by atoms with Crippen LogP contribution >= 0.6 is 11.3 Å². The molecule has 4 rings (SSSR count). The highest BCUT2D eigenvalue weighted by Crippen LogP contribution is 2.31. The Hall–Kier alpha value is -3.47. The maximum atomic E-state index is 13.4. The Balaban J connectivity index is 1.71. The number of anilines is 1. The van der Waals surface area contributed by atoms with Crippen LogP contribution in [0.2, 0.25) is 0 Å². The van der Waals surface area contributed by atoms with Crippen molar-refractivity contribution in [1.29, 1.82) is 0 Å². The van der Waals surface area contributed by atoms with E-state index in [4.69, 9.17) is 4.74 Å². The number of carbonyl (C=O) groups excluding carboxylic acids is 2. The second kappa shape index (κ2) is 12.4. The number of esters is 1. The smallest absolute Gasteiger partial charge is 0.333 e. The van der Waals surface area contributed by atoms with Crippen LogP contribution in [0.15, 0.2) is 23.0 Å². The first kappa shape index (κ1) is 27.6. The van der Waals surface area contributed by atoms with Gasteiger partial charge < -0.3 is 14.5 Å². The zero-order valence-electron chi connectivity index (χ0n) is 21.9. The van der Waals surface area contributed by atoms with Crippen LogP contribution in [0.25, 0.3) is 12.2 Å². The van der Waals surface area contributed by atoms with Gasteiger partial charge in [-0.05, 0) is 62.7 Å². The number of nitro groups is 1. The van der Waals surface area contributed by atoms with Crippen LogP contribution in [-0.4, -0.2) is 59.1 Å². The van der Waals surface area contributed by atoms with Gasteiger partial charge in [0.05, 0.1) is 22.1 Å². The van der Waals surface area contributed by atoms with Crippen molar-refractivity contribution in [1.82, 2.24) is 9.47 Å². The second-order valence-electron chi connectivity index (χ2n) is 9.85. The first-order valence-electron chi connectivity index (χ1n) is 13.2. The van der Waals surface area contributed by atoms with Gasteiger partial charge in [-0.3, -0.25) is 24.3 Å². The fourth-order valence-electron chi connectivity index (χ4n) is 4.90. The summed E-state index contributed by atoms with van der Waals surface area (Å²) in [7, 11) is 0. The summed E-state index contributed by atoms with van der Waals surface area (Å²) in [5, 5.41) is 11.9. The lowest BCUT2D eigenvalue weighted by atomic mass is 9.99. The Morgan fingerprint density at radius 3 is 2.53 bits per heavy atom. The fourth-order valence-corrected chi connectivity index (χ4v) is 5.93. The highest BCUT2D eigenvalue weighted by Gasteiger charge is 2.23. The van der Waals surface area contributed by atoms with E-state index in [1.54, 1.807) is 30.0 Å². The van der Waals surface area contributed by atoms with Crippen molar-refractivity contribution >= 4 is 46.7 Å². The largest absolute Gasteiger partial charge is 0.463 e. The van der Waals surface area contributed by atoms with Crippen molar-refractivity contribution in [2.24, 2.45) is 5.92 Å². The van der Waals surface area contributed by atoms with Crippen LogP contribution in [0, 0.1) is 16.0 Å². The SMILES string of the molecule is CCOC(=O)/C=c1\s/c(=C/c2ccc(N3CCCCC3)c([N+](=O)[O-])c2)c(=O)n1CC(=O)N1CCC(C)CC1. The van der Waals surface area contributed by atoms with Crippen LogP contribution in [0.5, 0.6) is 0 Å². The number of rotatable bonds is 7. The van der Waals surface area contributed by atoms with Crippen molar-refractivity contribution in [3.63, 3.8) is 0 Å². The van der Waals surface area contributed by atoms with E-state index in [0.29, 0.717) is 34.9 Å². The molecule has 0 atom stereocenters. The molecule has 1 aromatic heterocycles. The molecule has 0 radical (unpaired) electrons. The highest BCUT2D eigenvalue weighted by atomic mass is 32.1. The average Bonchev–Trinajstić information content (AvgIpc) is 3.18. The number of aromatic nitrogens is 1. The summed E-state index contributed by atoms with van der Waals surface area (Å²) in [6.45, 7) is 6.67. The van der Waals surface area contributed by atoms with Crippen molar-refractivity contribution in [3.8, 4) is 0 Å². The molecule has 0 unspecified atom stereocenters. The van der Waals surface area contributed by atoms with E-state index in [1.807, 2.05) is 4.90 Å². The molecule has 3 heterocycles. The molecular formula is C27H34N4O6S. The summed E-state index contributed by atoms with van der Waals surface area (Å²) >= 11 is 1.06. The summed E-state index contributed by atoms with van der Waals surface area (Å²) in [6.07, 6.45) is 7.73. The minimum absolute atomic E-state index is 0.00894. The molecule has 204 valence electrons. The minimum atomic E-state index is -0.602. The Labute approximate surface area is 225 Å². The number of hydrogen-bond donors (Lipinski definition) is 0.